The third-order valence-corrected chi connectivity index (χ3v) is 3.02. The number of carbonyl (C=O) groups is 1. The highest BCUT2D eigenvalue weighted by molar-refractivity contribution is 9.10. The number of halogens is 1. The van der Waals surface area contributed by atoms with Crippen LogP contribution >= 0.6 is 15.9 Å². The summed E-state index contributed by atoms with van der Waals surface area (Å²) in [5, 5.41) is 12.5. The van der Waals surface area contributed by atoms with Crippen LogP contribution in [0.1, 0.15) is 5.56 Å². The van der Waals surface area contributed by atoms with Gasteiger partial charge < -0.3 is 19.9 Å². The van der Waals surface area contributed by atoms with E-state index in [1.807, 2.05) is 25.1 Å². The highest BCUT2D eigenvalue weighted by Gasteiger charge is 2.08. The molecule has 0 aliphatic carbocycles. The maximum absolute atomic E-state index is 10.8. The second-order valence-corrected chi connectivity index (χ2v) is 4.96. The number of aryl methyl sites for hydroxylation is 1. The van der Waals surface area contributed by atoms with Crippen molar-refractivity contribution in [2.75, 3.05) is 26.8 Å². The van der Waals surface area contributed by atoms with E-state index in [0.717, 1.165) is 10.0 Å². The maximum Gasteiger partial charge on any atom is 0.319 e. The molecule has 0 saturated carbocycles. The predicted octanol–water partition coefficient (Wildman–Crippen LogP) is 1.26. The molecule has 0 aromatic heterocycles. The van der Waals surface area contributed by atoms with Gasteiger partial charge in [-0.1, -0.05) is 6.07 Å². The first-order chi connectivity index (χ1) is 9.02. The molecule has 0 aliphatic heterocycles. The minimum absolute atomic E-state index is 0.0712. The summed E-state index contributed by atoms with van der Waals surface area (Å²) in [6, 6.07) is 5.72. The van der Waals surface area contributed by atoms with Gasteiger partial charge in [-0.2, -0.15) is 0 Å². The number of ether oxygens (including phenoxy) is 2. The first-order valence-electron chi connectivity index (χ1n) is 5.87. The van der Waals surface area contributed by atoms with E-state index < -0.39 is 6.10 Å². The molecule has 0 amide bonds. The number of hydrogen-bond donors (Lipinski definition) is 2. The predicted molar refractivity (Wildman–Crippen MR) is 75.3 cm³/mol. The normalized spacial score (nSPS) is 12.0. The van der Waals surface area contributed by atoms with Crippen LogP contribution in [0.2, 0.25) is 0 Å². The summed E-state index contributed by atoms with van der Waals surface area (Å²) >= 11 is 3.39. The van der Waals surface area contributed by atoms with Crippen LogP contribution < -0.4 is 10.1 Å². The summed E-state index contributed by atoms with van der Waals surface area (Å²) in [7, 11) is 1.32. The number of aliphatic hydroxyl groups excluding tert-OH is 1. The SMILES string of the molecule is COC(=O)CNCC(O)COc1ccc(C)cc1Br. The molecule has 0 fully saturated rings. The van der Waals surface area contributed by atoms with Gasteiger partial charge in [-0.05, 0) is 40.5 Å². The number of nitrogens with one attached hydrogen (secondary N) is 1. The Labute approximate surface area is 121 Å². The van der Waals surface area contributed by atoms with Crippen molar-refractivity contribution in [1.82, 2.24) is 5.32 Å². The first-order valence-corrected chi connectivity index (χ1v) is 6.66. The molecule has 1 aromatic rings. The van der Waals surface area contributed by atoms with E-state index in [1.54, 1.807) is 0 Å². The summed E-state index contributed by atoms with van der Waals surface area (Å²) < 4.78 is 10.8. The minimum atomic E-state index is -0.696. The minimum Gasteiger partial charge on any atom is -0.490 e. The Kier molecular flexibility index (Phi) is 6.83. The number of esters is 1. The van der Waals surface area contributed by atoms with Crippen LogP contribution in [0.15, 0.2) is 22.7 Å². The Morgan fingerprint density at radius 2 is 2.26 bits per heavy atom. The molecule has 0 aliphatic rings. The van der Waals surface area contributed by atoms with Crippen LogP contribution in [0.25, 0.3) is 0 Å². The van der Waals surface area contributed by atoms with E-state index in [9.17, 15) is 9.90 Å². The molecule has 1 aromatic carbocycles. The van der Waals surface area contributed by atoms with Gasteiger partial charge in [-0.25, -0.2) is 0 Å². The standard InChI is InChI=1S/C13H18BrNO4/c1-9-3-4-12(11(14)5-9)19-8-10(16)6-15-7-13(17)18-2/h3-5,10,15-16H,6-8H2,1-2H3. The topological polar surface area (TPSA) is 67.8 Å². The van der Waals surface area contributed by atoms with Gasteiger partial charge in [-0.15, -0.1) is 0 Å². The van der Waals surface area contributed by atoms with Crippen molar-refractivity contribution < 1.29 is 19.4 Å². The molecule has 106 valence electrons. The van der Waals surface area contributed by atoms with E-state index in [0.29, 0.717) is 5.75 Å². The zero-order valence-corrected chi connectivity index (χ0v) is 12.6. The van der Waals surface area contributed by atoms with E-state index >= 15 is 0 Å². The van der Waals surface area contributed by atoms with Gasteiger partial charge in [0.2, 0.25) is 0 Å². The zero-order valence-electron chi connectivity index (χ0n) is 11.0. The Bertz CT molecular complexity index is 425. The third-order valence-electron chi connectivity index (χ3n) is 2.40. The fraction of sp³-hybridized carbons (Fsp3) is 0.462. The lowest BCUT2D eigenvalue weighted by Gasteiger charge is -2.14. The molecule has 1 atom stereocenters. The number of methoxy groups -OCH3 is 1. The van der Waals surface area contributed by atoms with Gasteiger partial charge in [0.1, 0.15) is 18.5 Å². The van der Waals surface area contributed by atoms with Gasteiger partial charge in [0, 0.05) is 6.54 Å². The van der Waals surface area contributed by atoms with Crippen LogP contribution in [0.5, 0.6) is 5.75 Å². The largest absolute Gasteiger partial charge is 0.490 e. The van der Waals surface area contributed by atoms with Crippen molar-refractivity contribution in [2.24, 2.45) is 0 Å². The summed E-state index contributed by atoms with van der Waals surface area (Å²) in [4.78, 5) is 10.8. The second kappa shape index (κ2) is 8.14. The Morgan fingerprint density at radius 3 is 2.89 bits per heavy atom. The maximum atomic E-state index is 10.8. The molecule has 1 rings (SSSR count). The molecule has 0 spiro atoms. The van der Waals surface area contributed by atoms with E-state index in [2.05, 4.69) is 26.0 Å². The monoisotopic (exact) mass is 331 g/mol. The van der Waals surface area contributed by atoms with Crippen molar-refractivity contribution in [3.63, 3.8) is 0 Å². The fourth-order valence-corrected chi connectivity index (χ4v) is 1.99. The van der Waals surface area contributed by atoms with Gasteiger partial charge in [0.25, 0.3) is 0 Å². The fourth-order valence-electron chi connectivity index (χ4n) is 1.38. The Hall–Kier alpha value is -1.11. The molecule has 6 heteroatoms. The van der Waals surface area contributed by atoms with Crippen LogP contribution in [-0.2, 0) is 9.53 Å². The molecular formula is C13H18BrNO4. The van der Waals surface area contributed by atoms with Crippen LogP contribution in [-0.4, -0.2) is 44.0 Å². The highest BCUT2D eigenvalue weighted by atomic mass is 79.9. The lowest BCUT2D eigenvalue weighted by molar-refractivity contribution is -0.139. The summed E-state index contributed by atoms with van der Waals surface area (Å²) in [5.74, 6) is 0.312. The van der Waals surface area contributed by atoms with E-state index in [4.69, 9.17) is 4.74 Å². The number of aliphatic hydroxyl groups is 1. The van der Waals surface area contributed by atoms with Crippen molar-refractivity contribution in [3.8, 4) is 5.75 Å². The number of carbonyl (C=O) groups excluding carboxylic acids is 1. The smallest absolute Gasteiger partial charge is 0.319 e. The quantitative estimate of drug-likeness (QED) is 0.736. The summed E-state index contributed by atoms with van der Waals surface area (Å²) in [6.45, 7) is 2.47. The Morgan fingerprint density at radius 1 is 1.53 bits per heavy atom. The molecule has 0 saturated heterocycles. The average molecular weight is 332 g/mol. The lowest BCUT2D eigenvalue weighted by Crippen LogP contribution is -2.34. The van der Waals surface area contributed by atoms with Crippen LogP contribution in [0, 0.1) is 6.92 Å². The third kappa shape index (κ3) is 6.04. The molecular weight excluding hydrogens is 314 g/mol. The van der Waals surface area contributed by atoms with Crippen LogP contribution in [0.4, 0.5) is 0 Å². The van der Waals surface area contributed by atoms with Gasteiger partial charge in [-0.3, -0.25) is 4.79 Å². The number of rotatable bonds is 7. The molecule has 0 heterocycles. The number of hydrogen-bond acceptors (Lipinski definition) is 5. The Balaban J connectivity index is 2.29. The molecule has 0 bridgehead atoms. The summed E-state index contributed by atoms with van der Waals surface area (Å²) in [5.41, 5.74) is 1.12. The van der Waals surface area contributed by atoms with Crippen LogP contribution in [0.3, 0.4) is 0 Å². The molecule has 19 heavy (non-hydrogen) atoms. The van der Waals surface area contributed by atoms with Gasteiger partial charge in [0.05, 0.1) is 18.1 Å². The molecule has 2 N–H and O–H groups in total. The summed E-state index contributed by atoms with van der Waals surface area (Å²) in [6.07, 6.45) is -0.696. The second-order valence-electron chi connectivity index (χ2n) is 4.11. The van der Waals surface area contributed by atoms with Gasteiger partial charge in [0.15, 0.2) is 0 Å². The lowest BCUT2D eigenvalue weighted by atomic mass is 10.2. The van der Waals surface area contributed by atoms with Crippen molar-refractivity contribution >= 4 is 21.9 Å². The van der Waals surface area contributed by atoms with Gasteiger partial charge >= 0.3 is 5.97 Å². The van der Waals surface area contributed by atoms with Crippen molar-refractivity contribution in [1.29, 1.82) is 0 Å². The van der Waals surface area contributed by atoms with E-state index in [-0.39, 0.29) is 25.7 Å². The molecule has 0 radical (unpaired) electrons. The molecule has 5 nitrogen and oxygen atoms in total. The average Bonchev–Trinajstić information content (AvgIpc) is 2.37. The number of benzene rings is 1. The molecule has 1 unspecified atom stereocenters. The van der Waals surface area contributed by atoms with Crippen molar-refractivity contribution in [3.05, 3.63) is 28.2 Å². The van der Waals surface area contributed by atoms with E-state index in [1.165, 1.54) is 7.11 Å². The highest BCUT2D eigenvalue weighted by Crippen LogP contribution is 2.25. The van der Waals surface area contributed by atoms with Crippen molar-refractivity contribution in [2.45, 2.75) is 13.0 Å². The first kappa shape index (κ1) is 15.9. The zero-order chi connectivity index (χ0) is 14.3.